The Hall–Kier alpha value is -1.48. The summed E-state index contributed by atoms with van der Waals surface area (Å²) >= 11 is 0. The Balaban J connectivity index is 3.25. The molecule has 0 saturated heterocycles. The first kappa shape index (κ1) is 11.6. The van der Waals surface area contributed by atoms with E-state index < -0.39 is 0 Å². The molecule has 82 valence electrons. The molecule has 1 rings (SSSR count). The van der Waals surface area contributed by atoms with Crippen LogP contribution in [0.5, 0.6) is 11.5 Å². The third-order valence-electron chi connectivity index (χ3n) is 2.16. The molecule has 0 bridgehead atoms. The average molecular weight is 208 g/mol. The lowest BCUT2D eigenvalue weighted by Gasteiger charge is -2.13. The molecule has 0 aliphatic carbocycles. The number of hydrogen-bond donors (Lipinski definition) is 1. The SMILES string of the molecule is C=CCc1cc(CO)cc(OC)c1OC. The molecule has 1 aromatic rings. The predicted octanol–water partition coefficient (Wildman–Crippen LogP) is 1.92. The summed E-state index contributed by atoms with van der Waals surface area (Å²) in [6.45, 7) is 3.67. The van der Waals surface area contributed by atoms with Gasteiger partial charge in [-0.05, 0) is 24.1 Å². The molecule has 0 spiro atoms. The van der Waals surface area contributed by atoms with Gasteiger partial charge in [0.1, 0.15) is 0 Å². The Labute approximate surface area is 90.0 Å². The molecule has 15 heavy (non-hydrogen) atoms. The summed E-state index contributed by atoms with van der Waals surface area (Å²) in [7, 11) is 3.18. The average Bonchev–Trinajstić information content (AvgIpc) is 2.28. The third-order valence-corrected chi connectivity index (χ3v) is 2.16. The fourth-order valence-electron chi connectivity index (χ4n) is 1.50. The molecule has 0 aliphatic rings. The smallest absolute Gasteiger partial charge is 0.164 e. The Morgan fingerprint density at radius 2 is 2.07 bits per heavy atom. The molecule has 3 heteroatoms. The number of rotatable bonds is 5. The molecule has 0 saturated carbocycles. The monoisotopic (exact) mass is 208 g/mol. The first-order valence-electron chi connectivity index (χ1n) is 4.72. The van der Waals surface area contributed by atoms with Gasteiger partial charge < -0.3 is 14.6 Å². The Morgan fingerprint density at radius 1 is 1.33 bits per heavy atom. The second-order valence-corrected chi connectivity index (χ2v) is 3.14. The van der Waals surface area contributed by atoms with Crippen LogP contribution in [0, 0.1) is 0 Å². The molecular formula is C12H16O3. The number of aliphatic hydroxyl groups is 1. The normalized spacial score (nSPS) is 9.80. The number of aliphatic hydroxyl groups excluding tert-OH is 1. The Morgan fingerprint density at radius 3 is 2.53 bits per heavy atom. The van der Waals surface area contributed by atoms with Crippen molar-refractivity contribution in [3.63, 3.8) is 0 Å². The van der Waals surface area contributed by atoms with Crippen molar-refractivity contribution in [1.82, 2.24) is 0 Å². The van der Waals surface area contributed by atoms with Crippen LogP contribution in [0.1, 0.15) is 11.1 Å². The minimum absolute atomic E-state index is 0.00943. The second kappa shape index (κ2) is 5.41. The van der Waals surface area contributed by atoms with Gasteiger partial charge in [-0.2, -0.15) is 0 Å². The third kappa shape index (κ3) is 2.50. The molecule has 0 heterocycles. The predicted molar refractivity (Wildman–Crippen MR) is 59.4 cm³/mol. The number of benzene rings is 1. The minimum Gasteiger partial charge on any atom is -0.493 e. The van der Waals surface area contributed by atoms with Gasteiger partial charge in [0.05, 0.1) is 20.8 Å². The zero-order valence-corrected chi connectivity index (χ0v) is 9.12. The van der Waals surface area contributed by atoms with Gasteiger partial charge in [0.15, 0.2) is 11.5 Å². The highest BCUT2D eigenvalue weighted by Gasteiger charge is 2.10. The van der Waals surface area contributed by atoms with E-state index in [0.29, 0.717) is 17.9 Å². The lowest BCUT2D eigenvalue weighted by Crippen LogP contribution is -1.98. The van der Waals surface area contributed by atoms with E-state index in [2.05, 4.69) is 6.58 Å². The van der Waals surface area contributed by atoms with E-state index in [0.717, 1.165) is 11.1 Å². The molecule has 1 aromatic carbocycles. The van der Waals surface area contributed by atoms with Gasteiger partial charge >= 0.3 is 0 Å². The lowest BCUT2D eigenvalue weighted by atomic mass is 10.1. The van der Waals surface area contributed by atoms with Gasteiger partial charge in [-0.15, -0.1) is 6.58 Å². The second-order valence-electron chi connectivity index (χ2n) is 3.14. The van der Waals surface area contributed by atoms with Crippen molar-refractivity contribution in [1.29, 1.82) is 0 Å². The van der Waals surface area contributed by atoms with Crippen molar-refractivity contribution in [3.05, 3.63) is 35.9 Å². The summed E-state index contributed by atoms with van der Waals surface area (Å²) in [5.41, 5.74) is 1.78. The summed E-state index contributed by atoms with van der Waals surface area (Å²) in [5.74, 6) is 1.34. The van der Waals surface area contributed by atoms with Crippen LogP contribution in [0.2, 0.25) is 0 Å². The van der Waals surface area contributed by atoms with E-state index in [1.807, 2.05) is 6.07 Å². The van der Waals surface area contributed by atoms with Crippen LogP contribution in [0.3, 0.4) is 0 Å². The van der Waals surface area contributed by atoms with Gasteiger partial charge in [-0.3, -0.25) is 0 Å². The number of hydrogen-bond acceptors (Lipinski definition) is 3. The van der Waals surface area contributed by atoms with Crippen molar-refractivity contribution >= 4 is 0 Å². The largest absolute Gasteiger partial charge is 0.493 e. The van der Waals surface area contributed by atoms with Gasteiger partial charge in [0.2, 0.25) is 0 Å². The highest BCUT2D eigenvalue weighted by Crippen LogP contribution is 2.33. The maximum Gasteiger partial charge on any atom is 0.164 e. The molecule has 0 aromatic heterocycles. The van der Waals surface area contributed by atoms with Crippen LogP contribution < -0.4 is 9.47 Å². The van der Waals surface area contributed by atoms with E-state index in [9.17, 15) is 0 Å². The molecule has 0 fully saturated rings. The highest BCUT2D eigenvalue weighted by atomic mass is 16.5. The highest BCUT2D eigenvalue weighted by molar-refractivity contribution is 5.50. The number of methoxy groups -OCH3 is 2. The van der Waals surface area contributed by atoms with E-state index in [4.69, 9.17) is 14.6 Å². The maximum absolute atomic E-state index is 9.09. The first-order valence-corrected chi connectivity index (χ1v) is 4.72. The van der Waals surface area contributed by atoms with Gasteiger partial charge in [-0.25, -0.2) is 0 Å². The fraction of sp³-hybridized carbons (Fsp3) is 0.333. The van der Waals surface area contributed by atoms with E-state index in [-0.39, 0.29) is 6.61 Å². The van der Waals surface area contributed by atoms with E-state index in [1.54, 1.807) is 26.4 Å². The van der Waals surface area contributed by atoms with Crippen LogP contribution in [0.15, 0.2) is 24.8 Å². The molecule has 1 N–H and O–H groups in total. The van der Waals surface area contributed by atoms with Crippen molar-refractivity contribution in [2.24, 2.45) is 0 Å². The summed E-state index contributed by atoms with van der Waals surface area (Å²) in [5, 5.41) is 9.09. The van der Waals surface area contributed by atoms with Crippen molar-refractivity contribution in [2.75, 3.05) is 14.2 Å². The van der Waals surface area contributed by atoms with Crippen LogP contribution in [-0.4, -0.2) is 19.3 Å². The molecule has 0 aliphatic heterocycles. The Kier molecular flexibility index (Phi) is 4.18. The number of ether oxygens (including phenoxy) is 2. The zero-order valence-electron chi connectivity index (χ0n) is 9.12. The molecule has 0 atom stereocenters. The van der Waals surface area contributed by atoms with Crippen molar-refractivity contribution in [2.45, 2.75) is 13.0 Å². The van der Waals surface area contributed by atoms with E-state index in [1.165, 1.54) is 0 Å². The molecule has 3 nitrogen and oxygen atoms in total. The quantitative estimate of drug-likeness (QED) is 0.751. The topological polar surface area (TPSA) is 38.7 Å². The van der Waals surface area contributed by atoms with Crippen molar-refractivity contribution < 1.29 is 14.6 Å². The summed E-state index contributed by atoms with van der Waals surface area (Å²) < 4.78 is 10.5. The van der Waals surface area contributed by atoms with Crippen molar-refractivity contribution in [3.8, 4) is 11.5 Å². The van der Waals surface area contributed by atoms with Gasteiger partial charge in [0.25, 0.3) is 0 Å². The lowest BCUT2D eigenvalue weighted by molar-refractivity contribution is 0.280. The standard InChI is InChI=1S/C12H16O3/c1-4-5-10-6-9(8-13)7-11(14-2)12(10)15-3/h4,6-7,13H,1,5,8H2,2-3H3. The first-order chi connectivity index (χ1) is 7.26. The molecule has 0 unspecified atom stereocenters. The van der Waals surface area contributed by atoms with Gasteiger partial charge in [0, 0.05) is 5.56 Å². The minimum atomic E-state index is -0.00943. The molecule has 0 radical (unpaired) electrons. The van der Waals surface area contributed by atoms with E-state index >= 15 is 0 Å². The Bertz CT molecular complexity index is 345. The maximum atomic E-state index is 9.09. The number of allylic oxidation sites excluding steroid dienone is 1. The molecular weight excluding hydrogens is 192 g/mol. The summed E-state index contributed by atoms with van der Waals surface area (Å²) in [6, 6.07) is 3.66. The van der Waals surface area contributed by atoms with Gasteiger partial charge in [-0.1, -0.05) is 6.08 Å². The zero-order chi connectivity index (χ0) is 11.3. The summed E-state index contributed by atoms with van der Waals surface area (Å²) in [6.07, 6.45) is 2.48. The fourth-order valence-corrected chi connectivity index (χ4v) is 1.50. The van der Waals surface area contributed by atoms with Crippen LogP contribution in [-0.2, 0) is 13.0 Å². The van der Waals surface area contributed by atoms with Crippen LogP contribution >= 0.6 is 0 Å². The van der Waals surface area contributed by atoms with Crippen LogP contribution in [0.4, 0.5) is 0 Å². The summed E-state index contributed by atoms with van der Waals surface area (Å²) in [4.78, 5) is 0. The molecule has 0 amide bonds. The van der Waals surface area contributed by atoms with Crippen LogP contribution in [0.25, 0.3) is 0 Å².